The zero-order valence-electron chi connectivity index (χ0n) is 16.0. The van der Waals surface area contributed by atoms with E-state index in [2.05, 4.69) is 22.0 Å². The van der Waals surface area contributed by atoms with Crippen molar-refractivity contribution in [2.75, 3.05) is 13.1 Å². The first-order chi connectivity index (χ1) is 13.2. The van der Waals surface area contributed by atoms with Crippen LogP contribution < -0.4 is 0 Å². The molecule has 2 fully saturated rings. The van der Waals surface area contributed by atoms with Gasteiger partial charge >= 0.3 is 0 Å². The molecule has 0 N–H and O–H groups in total. The van der Waals surface area contributed by atoms with E-state index in [9.17, 15) is 4.79 Å². The van der Waals surface area contributed by atoms with Crippen LogP contribution in [0.4, 0.5) is 0 Å². The fraction of sp³-hybridized carbons (Fsp3) is 0.619. The summed E-state index contributed by atoms with van der Waals surface area (Å²) in [5, 5.41) is 4.07. The minimum atomic E-state index is 0.230. The van der Waals surface area contributed by atoms with Crippen LogP contribution in [0, 0.1) is 11.8 Å². The maximum absolute atomic E-state index is 12.7. The summed E-state index contributed by atoms with van der Waals surface area (Å²) in [5.74, 6) is 3.12. The molecule has 1 aliphatic heterocycles. The van der Waals surface area contributed by atoms with Crippen LogP contribution in [0.5, 0.6) is 0 Å². The molecule has 1 aliphatic carbocycles. The predicted molar refractivity (Wildman–Crippen MR) is 102 cm³/mol. The van der Waals surface area contributed by atoms with Gasteiger partial charge in [-0.2, -0.15) is 4.98 Å². The molecular weight excluding hydrogens is 340 g/mol. The van der Waals surface area contributed by atoms with Crippen LogP contribution in [0.3, 0.4) is 0 Å². The van der Waals surface area contributed by atoms with Gasteiger partial charge in [0.25, 0.3) is 0 Å². The monoisotopic (exact) mass is 368 g/mol. The summed E-state index contributed by atoms with van der Waals surface area (Å²) in [6, 6.07) is 5.66. The molecule has 0 radical (unpaired) electrons. The summed E-state index contributed by atoms with van der Waals surface area (Å²) in [7, 11) is 0. The van der Waals surface area contributed by atoms with Crippen LogP contribution in [-0.4, -0.2) is 39.0 Å². The van der Waals surface area contributed by atoms with Crippen LogP contribution in [-0.2, 0) is 4.79 Å². The van der Waals surface area contributed by atoms with E-state index < -0.39 is 0 Å². The molecule has 1 amide bonds. The third kappa shape index (κ3) is 4.37. The molecule has 2 aromatic rings. The van der Waals surface area contributed by atoms with E-state index >= 15 is 0 Å². The molecule has 144 valence electrons. The summed E-state index contributed by atoms with van der Waals surface area (Å²) in [5.41, 5.74) is 0.724. The Bertz CT molecular complexity index is 753. The molecule has 6 nitrogen and oxygen atoms in total. The lowest BCUT2D eigenvalue weighted by atomic mass is 9.80. The average Bonchev–Trinajstić information content (AvgIpc) is 3.19. The molecule has 6 heteroatoms. The summed E-state index contributed by atoms with van der Waals surface area (Å²) < 4.78 is 5.48. The first-order valence-corrected chi connectivity index (χ1v) is 10.2. The van der Waals surface area contributed by atoms with Crippen molar-refractivity contribution in [3.05, 3.63) is 30.3 Å². The molecule has 2 atom stereocenters. The van der Waals surface area contributed by atoms with Crippen molar-refractivity contribution >= 4 is 5.91 Å². The zero-order chi connectivity index (χ0) is 18.6. The second-order valence-electron chi connectivity index (χ2n) is 8.17. The number of carbonyl (C=O) groups excluding carboxylic acids is 1. The third-order valence-electron chi connectivity index (χ3n) is 6.04. The summed E-state index contributed by atoms with van der Waals surface area (Å²) >= 11 is 0. The lowest BCUT2D eigenvalue weighted by Gasteiger charge is -2.33. The van der Waals surface area contributed by atoms with E-state index in [0.29, 0.717) is 23.5 Å². The van der Waals surface area contributed by atoms with E-state index in [0.717, 1.165) is 44.0 Å². The number of amides is 1. The SMILES string of the molecule is CC1CCCC(CC(=O)N2CCC(c3nc(-c4ccccn4)no3)CC2)C1. The smallest absolute Gasteiger partial charge is 0.230 e. The van der Waals surface area contributed by atoms with Crippen molar-refractivity contribution in [2.24, 2.45) is 11.8 Å². The highest BCUT2D eigenvalue weighted by molar-refractivity contribution is 5.76. The summed E-state index contributed by atoms with van der Waals surface area (Å²) in [6.07, 6.45) is 9.23. The van der Waals surface area contributed by atoms with Gasteiger partial charge in [0.1, 0.15) is 5.69 Å². The number of aromatic nitrogens is 3. The molecule has 27 heavy (non-hydrogen) atoms. The molecule has 2 aromatic heterocycles. The van der Waals surface area contributed by atoms with E-state index in [1.165, 1.54) is 25.7 Å². The Morgan fingerprint density at radius 1 is 1.22 bits per heavy atom. The van der Waals surface area contributed by atoms with Crippen LogP contribution in [0.25, 0.3) is 11.5 Å². The number of pyridine rings is 1. The van der Waals surface area contributed by atoms with Crippen LogP contribution in [0.2, 0.25) is 0 Å². The minimum Gasteiger partial charge on any atom is -0.343 e. The van der Waals surface area contributed by atoms with Gasteiger partial charge in [0.05, 0.1) is 0 Å². The highest BCUT2D eigenvalue weighted by Crippen LogP contribution is 2.32. The first kappa shape index (κ1) is 18.1. The molecule has 0 aromatic carbocycles. The molecule has 1 saturated heterocycles. The zero-order valence-corrected chi connectivity index (χ0v) is 16.0. The van der Waals surface area contributed by atoms with Gasteiger partial charge in [-0.3, -0.25) is 9.78 Å². The third-order valence-corrected chi connectivity index (χ3v) is 6.04. The molecule has 2 aliphatic rings. The van der Waals surface area contributed by atoms with Crippen molar-refractivity contribution in [1.29, 1.82) is 0 Å². The molecule has 4 rings (SSSR count). The lowest BCUT2D eigenvalue weighted by Crippen LogP contribution is -2.39. The van der Waals surface area contributed by atoms with Crippen LogP contribution >= 0.6 is 0 Å². The second-order valence-corrected chi connectivity index (χ2v) is 8.17. The second kappa shape index (κ2) is 8.19. The van der Waals surface area contributed by atoms with Crippen molar-refractivity contribution in [3.8, 4) is 11.5 Å². The van der Waals surface area contributed by atoms with E-state index in [1.54, 1.807) is 6.20 Å². The van der Waals surface area contributed by atoms with E-state index in [1.807, 2.05) is 23.1 Å². The number of rotatable bonds is 4. The van der Waals surface area contributed by atoms with Crippen molar-refractivity contribution in [1.82, 2.24) is 20.0 Å². The minimum absolute atomic E-state index is 0.230. The number of hydrogen-bond donors (Lipinski definition) is 0. The number of carbonyl (C=O) groups is 1. The Morgan fingerprint density at radius 2 is 2.07 bits per heavy atom. The summed E-state index contributed by atoms with van der Waals surface area (Å²) in [6.45, 7) is 3.88. The van der Waals surface area contributed by atoms with Crippen molar-refractivity contribution in [3.63, 3.8) is 0 Å². The number of piperidine rings is 1. The van der Waals surface area contributed by atoms with Crippen molar-refractivity contribution < 1.29 is 9.32 Å². The molecule has 0 bridgehead atoms. The molecule has 0 spiro atoms. The van der Waals surface area contributed by atoms with E-state index in [-0.39, 0.29) is 5.92 Å². The van der Waals surface area contributed by atoms with Gasteiger partial charge in [0.2, 0.25) is 17.6 Å². The summed E-state index contributed by atoms with van der Waals surface area (Å²) in [4.78, 5) is 23.5. The van der Waals surface area contributed by atoms with Gasteiger partial charge in [-0.25, -0.2) is 0 Å². The Hall–Kier alpha value is -2.24. The molecule has 2 unspecified atom stereocenters. The van der Waals surface area contributed by atoms with Gasteiger partial charge in [-0.05, 0) is 49.7 Å². The normalized spacial score (nSPS) is 24.1. The van der Waals surface area contributed by atoms with Crippen LogP contribution in [0.15, 0.2) is 28.9 Å². The molecule has 1 saturated carbocycles. The molecule has 3 heterocycles. The topological polar surface area (TPSA) is 72.1 Å². The van der Waals surface area contributed by atoms with Gasteiger partial charge < -0.3 is 9.42 Å². The predicted octanol–water partition coefficient (Wildman–Crippen LogP) is 4.05. The highest BCUT2D eigenvalue weighted by atomic mass is 16.5. The fourth-order valence-corrected chi connectivity index (χ4v) is 4.50. The number of likely N-dealkylation sites (tertiary alicyclic amines) is 1. The lowest BCUT2D eigenvalue weighted by molar-refractivity contribution is -0.133. The maximum Gasteiger partial charge on any atom is 0.230 e. The van der Waals surface area contributed by atoms with Gasteiger partial charge in [0, 0.05) is 31.6 Å². The Balaban J connectivity index is 1.30. The van der Waals surface area contributed by atoms with E-state index in [4.69, 9.17) is 4.52 Å². The fourth-order valence-electron chi connectivity index (χ4n) is 4.50. The first-order valence-electron chi connectivity index (χ1n) is 10.2. The Morgan fingerprint density at radius 3 is 2.81 bits per heavy atom. The highest BCUT2D eigenvalue weighted by Gasteiger charge is 2.29. The van der Waals surface area contributed by atoms with Crippen molar-refractivity contribution in [2.45, 2.75) is 57.8 Å². The number of hydrogen-bond acceptors (Lipinski definition) is 5. The number of nitrogens with zero attached hydrogens (tertiary/aromatic N) is 4. The molecular formula is C21H28N4O2. The van der Waals surface area contributed by atoms with Gasteiger partial charge in [-0.1, -0.05) is 31.0 Å². The standard InChI is InChI=1S/C21H28N4O2/c1-15-5-4-6-16(13-15)14-19(26)25-11-8-17(9-12-25)21-23-20(24-27-21)18-7-2-3-10-22-18/h2-3,7,10,15-17H,4-6,8-9,11-14H2,1H3. The maximum atomic E-state index is 12.7. The Labute approximate surface area is 160 Å². The quantitative estimate of drug-likeness (QED) is 0.814. The van der Waals surface area contributed by atoms with Crippen LogP contribution in [0.1, 0.15) is 63.7 Å². The average molecular weight is 368 g/mol. The van der Waals surface area contributed by atoms with Gasteiger partial charge in [0.15, 0.2) is 0 Å². The Kier molecular flexibility index (Phi) is 5.50. The largest absolute Gasteiger partial charge is 0.343 e. The van der Waals surface area contributed by atoms with Gasteiger partial charge in [-0.15, -0.1) is 0 Å².